The Morgan fingerprint density at radius 1 is 0.971 bits per heavy atom. The lowest BCUT2D eigenvalue weighted by molar-refractivity contribution is -0.664. The van der Waals surface area contributed by atoms with Crippen LogP contribution in [0, 0.1) is 5.92 Å². The molecule has 4 aliphatic heterocycles. The summed E-state index contributed by atoms with van der Waals surface area (Å²) < 4.78 is 10.9. The van der Waals surface area contributed by atoms with Crippen LogP contribution in [0.15, 0.2) is 36.4 Å². The van der Waals surface area contributed by atoms with Gasteiger partial charge in [-0.25, -0.2) is 0 Å². The summed E-state index contributed by atoms with van der Waals surface area (Å²) in [5, 5.41) is 5.15. The zero-order valence-electron chi connectivity index (χ0n) is 18.8. The van der Waals surface area contributed by atoms with Crippen molar-refractivity contribution in [2.75, 3.05) is 44.8 Å². The van der Waals surface area contributed by atoms with Crippen molar-refractivity contribution in [3.63, 3.8) is 0 Å². The second-order valence-corrected chi connectivity index (χ2v) is 9.26. The minimum absolute atomic E-state index is 0.0162. The van der Waals surface area contributed by atoms with E-state index in [1.165, 1.54) is 0 Å². The van der Waals surface area contributed by atoms with Gasteiger partial charge in [0.25, 0.3) is 5.91 Å². The molecule has 3 amide bonds. The molecule has 0 aliphatic carbocycles. The zero-order valence-corrected chi connectivity index (χ0v) is 18.8. The third-order valence-corrected chi connectivity index (χ3v) is 7.26. The van der Waals surface area contributed by atoms with E-state index in [9.17, 15) is 14.4 Å². The van der Waals surface area contributed by atoms with Crippen LogP contribution in [-0.2, 0) is 9.59 Å². The Morgan fingerprint density at radius 3 is 2.59 bits per heavy atom. The highest BCUT2D eigenvalue weighted by Crippen LogP contribution is 2.37. The fourth-order valence-corrected chi connectivity index (χ4v) is 5.34. The SMILES string of the molecule is O=C1Nc2ccc(-c3ccc4c(c3)OCO4)cc2C(=O)N2CCN(C(=O)C3CC[NH2+]CC3)C[C@@H]12. The maximum Gasteiger partial charge on any atom is 0.256 e. The van der Waals surface area contributed by atoms with Crippen LogP contribution in [0.1, 0.15) is 23.2 Å². The molecule has 176 valence electrons. The van der Waals surface area contributed by atoms with Gasteiger partial charge < -0.3 is 29.9 Å². The molecule has 2 fully saturated rings. The summed E-state index contributed by atoms with van der Waals surface area (Å²) >= 11 is 0. The molecule has 1 atom stereocenters. The van der Waals surface area contributed by atoms with E-state index >= 15 is 0 Å². The number of hydrogen-bond acceptors (Lipinski definition) is 5. The topological polar surface area (TPSA) is 105 Å². The van der Waals surface area contributed by atoms with Crippen LogP contribution in [0.25, 0.3) is 11.1 Å². The molecule has 0 aromatic heterocycles. The lowest BCUT2D eigenvalue weighted by Crippen LogP contribution is -2.86. The molecule has 2 aromatic rings. The van der Waals surface area contributed by atoms with Gasteiger partial charge in [0.1, 0.15) is 6.04 Å². The van der Waals surface area contributed by atoms with Gasteiger partial charge >= 0.3 is 0 Å². The number of ether oxygens (including phenoxy) is 2. The first-order chi connectivity index (χ1) is 16.6. The van der Waals surface area contributed by atoms with Crippen LogP contribution in [0.3, 0.4) is 0 Å². The zero-order chi connectivity index (χ0) is 23.2. The van der Waals surface area contributed by atoms with Crippen LogP contribution in [0.4, 0.5) is 5.69 Å². The number of piperidine rings is 1. The van der Waals surface area contributed by atoms with E-state index in [-0.39, 0.29) is 37.0 Å². The maximum absolute atomic E-state index is 13.5. The maximum atomic E-state index is 13.5. The molecule has 4 heterocycles. The molecular formula is C25H27N4O5+. The van der Waals surface area contributed by atoms with Gasteiger partial charge in [-0.1, -0.05) is 12.1 Å². The van der Waals surface area contributed by atoms with Crippen molar-refractivity contribution < 1.29 is 29.2 Å². The summed E-state index contributed by atoms with van der Waals surface area (Å²) in [4.78, 5) is 43.1. The van der Waals surface area contributed by atoms with Crippen LogP contribution >= 0.6 is 0 Å². The normalized spacial score (nSPS) is 22.1. The number of carbonyl (C=O) groups excluding carboxylic acids is 3. The largest absolute Gasteiger partial charge is 0.454 e. The Balaban J connectivity index is 1.26. The highest BCUT2D eigenvalue weighted by molar-refractivity contribution is 6.10. The average Bonchev–Trinajstić information content (AvgIpc) is 3.32. The molecule has 6 rings (SSSR count). The van der Waals surface area contributed by atoms with E-state index in [0.29, 0.717) is 35.8 Å². The molecule has 0 bridgehead atoms. The first-order valence-corrected chi connectivity index (χ1v) is 11.8. The van der Waals surface area contributed by atoms with Crippen molar-refractivity contribution >= 4 is 23.4 Å². The van der Waals surface area contributed by atoms with Crippen LogP contribution in [0.5, 0.6) is 11.5 Å². The number of nitrogens with two attached hydrogens (primary N) is 1. The third kappa shape index (κ3) is 3.56. The van der Waals surface area contributed by atoms with Crippen LogP contribution in [-0.4, -0.2) is 73.1 Å². The van der Waals surface area contributed by atoms with Gasteiger partial charge in [-0.05, 0) is 35.4 Å². The van der Waals surface area contributed by atoms with Gasteiger partial charge in [-0.15, -0.1) is 0 Å². The molecule has 9 heteroatoms. The third-order valence-electron chi connectivity index (χ3n) is 7.26. The van der Waals surface area contributed by atoms with Crippen molar-refractivity contribution in [3.8, 4) is 22.6 Å². The number of fused-ring (bicyclic) bond motifs is 3. The first-order valence-electron chi connectivity index (χ1n) is 11.8. The van der Waals surface area contributed by atoms with Gasteiger partial charge in [0.2, 0.25) is 18.6 Å². The number of piperazine rings is 1. The molecular weight excluding hydrogens is 436 g/mol. The summed E-state index contributed by atoms with van der Waals surface area (Å²) in [7, 11) is 0. The monoisotopic (exact) mass is 463 g/mol. The van der Waals surface area contributed by atoms with E-state index in [0.717, 1.165) is 37.1 Å². The van der Waals surface area contributed by atoms with Gasteiger partial charge in [0.05, 0.1) is 30.9 Å². The average molecular weight is 464 g/mol. The smallest absolute Gasteiger partial charge is 0.256 e. The van der Waals surface area contributed by atoms with E-state index in [4.69, 9.17) is 9.47 Å². The minimum Gasteiger partial charge on any atom is -0.454 e. The fraction of sp³-hybridized carbons (Fsp3) is 0.400. The number of carbonyl (C=O) groups is 3. The van der Waals surface area contributed by atoms with E-state index in [2.05, 4.69) is 10.6 Å². The van der Waals surface area contributed by atoms with Crippen molar-refractivity contribution in [3.05, 3.63) is 42.0 Å². The Hall–Kier alpha value is -3.59. The highest BCUT2D eigenvalue weighted by Gasteiger charge is 2.41. The lowest BCUT2D eigenvalue weighted by Gasteiger charge is -2.40. The second kappa shape index (κ2) is 8.32. The quantitative estimate of drug-likeness (QED) is 0.681. The van der Waals surface area contributed by atoms with Crippen molar-refractivity contribution in [2.45, 2.75) is 18.9 Å². The number of amides is 3. The molecule has 2 saturated heterocycles. The number of nitrogens with one attached hydrogen (secondary N) is 1. The molecule has 0 spiro atoms. The lowest BCUT2D eigenvalue weighted by atomic mass is 9.95. The minimum atomic E-state index is -0.693. The summed E-state index contributed by atoms with van der Waals surface area (Å²) in [6, 6.07) is 10.4. The molecule has 34 heavy (non-hydrogen) atoms. The number of benzene rings is 2. The van der Waals surface area contributed by atoms with Crippen molar-refractivity contribution in [1.82, 2.24) is 9.80 Å². The number of hydrogen-bond donors (Lipinski definition) is 2. The molecule has 0 saturated carbocycles. The predicted molar refractivity (Wildman–Crippen MR) is 122 cm³/mol. The molecule has 4 aliphatic rings. The number of nitrogens with zero attached hydrogens (tertiary/aromatic N) is 2. The van der Waals surface area contributed by atoms with Crippen LogP contribution in [0.2, 0.25) is 0 Å². The Kier molecular flexibility index (Phi) is 5.13. The summed E-state index contributed by atoms with van der Waals surface area (Å²) in [5.74, 6) is 1.05. The molecule has 0 radical (unpaired) electrons. The highest BCUT2D eigenvalue weighted by atomic mass is 16.7. The predicted octanol–water partition coefficient (Wildman–Crippen LogP) is 0.661. The first kappa shape index (κ1) is 21.0. The van der Waals surface area contributed by atoms with Gasteiger partial charge in [0, 0.05) is 31.8 Å². The Labute approximate surface area is 197 Å². The molecule has 3 N–H and O–H groups in total. The number of rotatable bonds is 2. The summed E-state index contributed by atoms with van der Waals surface area (Å²) in [6.07, 6.45) is 1.73. The Bertz CT molecular complexity index is 1180. The standard InChI is InChI=1S/C25H26N4O5/c30-23-20-13-28(24(31)15-5-7-26-8-6-15)9-10-29(20)25(32)18-11-16(1-3-19(18)27-23)17-2-4-21-22(12-17)34-14-33-21/h1-4,11-12,15,20,26H,5-10,13-14H2,(H,27,30)/p+1/t20-/m0/s1. The van der Waals surface area contributed by atoms with Crippen molar-refractivity contribution in [2.24, 2.45) is 5.92 Å². The number of anilines is 1. The van der Waals surface area contributed by atoms with Gasteiger partial charge in [-0.3, -0.25) is 14.4 Å². The summed E-state index contributed by atoms with van der Waals surface area (Å²) in [6.45, 7) is 3.14. The molecule has 0 unspecified atom stereocenters. The molecule has 9 nitrogen and oxygen atoms in total. The number of quaternary nitrogens is 1. The van der Waals surface area contributed by atoms with Crippen molar-refractivity contribution in [1.29, 1.82) is 0 Å². The molecule has 2 aromatic carbocycles. The van der Waals surface area contributed by atoms with Crippen LogP contribution < -0.4 is 20.1 Å². The van der Waals surface area contributed by atoms with Gasteiger partial charge in [0.15, 0.2) is 11.5 Å². The van der Waals surface area contributed by atoms with E-state index in [1.807, 2.05) is 30.3 Å². The van der Waals surface area contributed by atoms with E-state index in [1.54, 1.807) is 15.9 Å². The fourth-order valence-electron chi connectivity index (χ4n) is 5.34. The summed E-state index contributed by atoms with van der Waals surface area (Å²) in [5.41, 5.74) is 2.69. The second-order valence-electron chi connectivity index (χ2n) is 9.26. The van der Waals surface area contributed by atoms with E-state index < -0.39 is 6.04 Å². The Morgan fingerprint density at radius 2 is 1.74 bits per heavy atom. The van der Waals surface area contributed by atoms with Gasteiger partial charge in [-0.2, -0.15) is 0 Å².